The number of nitrogens with one attached hydrogen (secondary N) is 2. The van der Waals surface area contributed by atoms with Crippen molar-refractivity contribution in [2.24, 2.45) is 0 Å². The Kier molecular flexibility index (Phi) is 6.95. The first kappa shape index (κ1) is 23.5. The highest BCUT2D eigenvalue weighted by molar-refractivity contribution is 5.73. The molecule has 2 atom stereocenters. The van der Waals surface area contributed by atoms with Crippen molar-refractivity contribution >= 4 is 17.5 Å². The molecule has 0 radical (unpaired) electrons. The zero-order chi connectivity index (χ0) is 24.2. The summed E-state index contributed by atoms with van der Waals surface area (Å²) in [4.78, 5) is 33.9. The van der Waals surface area contributed by atoms with Crippen LogP contribution < -0.4 is 21.9 Å². The molecule has 8 heteroatoms. The highest BCUT2D eigenvalue weighted by Crippen LogP contribution is 2.34. The first-order valence-corrected chi connectivity index (χ1v) is 11.8. The predicted octanol–water partition coefficient (Wildman–Crippen LogP) is 3.60. The van der Waals surface area contributed by atoms with E-state index in [9.17, 15) is 9.59 Å². The first-order chi connectivity index (χ1) is 16.3. The first-order valence-electron chi connectivity index (χ1n) is 11.8. The van der Waals surface area contributed by atoms with Crippen LogP contribution in [0.5, 0.6) is 0 Å². The number of carbonyl (C=O) groups excluding carboxylic acids is 1. The second-order valence-electron chi connectivity index (χ2n) is 8.99. The van der Waals surface area contributed by atoms with Crippen LogP contribution in [0.25, 0.3) is 5.69 Å². The van der Waals surface area contributed by atoms with Crippen LogP contribution in [0.1, 0.15) is 61.0 Å². The average molecular weight is 461 g/mol. The van der Waals surface area contributed by atoms with Crippen LogP contribution in [0.3, 0.4) is 0 Å². The number of benzene rings is 1. The van der Waals surface area contributed by atoms with Gasteiger partial charge in [0.25, 0.3) is 5.56 Å². The van der Waals surface area contributed by atoms with E-state index in [0.29, 0.717) is 35.4 Å². The topological polar surface area (TPSA) is 115 Å². The van der Waals surface area contributed by atoms with Gasteiger partial charge in [0.05, 0.1) is 5.69 Å². The van der Waals surface area contributed by atoms with E-state index >= 15 is 0 Å². The normalized spacial score (nSPS) is 17.9. The number of amides is 1. The van der Waals surface area contributed by atoms with E-state index in [1.54, 1.807) is 10.8 Å². The van der Waals surface area contributed by atoms with Gasteiger partial charge in [0.15, 0.2) is 5.82 Å². The summed E-state index contributed by atoms with van der Waals surface area (Å²) in [5.74, 6) is 0.747. The van der Waals surface area contributed by atoms with E-state index in [1.807, 2.05) is 26.0 Å². The van der Waals surface area contributed by atoms with Gasteiger partial charge >= 0.3 is 0 Å². The van der Waals surface area contributed by atoms with Crippen molar-refractivity contribution in [2.45, 2.75) is 65.0 Å². The molecule has 1 saturated carbocycles. The summed E-state index contributed by atoms with van der Waals surface area (Å²) >= 11 is 0. The van der Waals surface area contributed by atoms with Crippen LogP contribution in [0, 0.1) is 13.8 Å². The van der Waals surface area contributed by atoms with Crippen LogP contribution in [0.15, 0.2) is 47.4 Å². The zero-order valence-electron chi connectivity index (χ0n) is 20.0. The van der Waals surface area contributed by atoms with Crippen molar-refractivity contribution in [3.8, 4) is 5.69 Å². The Morgan fingerprint density at radius 1 is 1.18 bits per heavy atom. The maximum absolute atomic E-state index is 13.6. The fraction of sp³-hybridized carbons (Fsp3) is 0.385. The van der Waals surface area contributed by atoms with Gasteiger partial charge in [0.1, 0.15) is 5.82 Å². The van der Waals surface area contributed by atoms with E-state index in [1.165, 1.54) is 18.9 Å². The minimum absolute atomic E-state index is 0.122. The fourth-order valence-electron chi connectivity index (χ4n) is 4.74. The number of hydrogen-bond donors (Lipinski definition) is 3. The van der Waals surface area contributed by atoms with Gasteiger partial charge in [-0.2, -0.15) is 0 Å². The molecule has 1 fully saturated rings. The summed E-state index contributed by atoms with van der Waals surface area (Å²) < 4.78 is 1.55. The van der Waals surface area contributed by atoms with E-state index in [4.69, 9.17) is 5.73 Å². The lowest BCUT2D eigenvalue weighted by molar-refractivity contribution is -0.119. The third-order valence-corrected chi connectivity index (χ3v) is 6.55. The number of rotatable bonds is 6. The number of nitrogens with two attached hydrogens (primary N) is 1. The number of carbonyl (C=O) groups is 1. The van der Waals surface area contributed by atoms with E-state index in [0.717, 1.165) is 24.8 Å². The summed E-state index contributed by atoms with van der Waals surface area (Å²) in [5, 5.41) is 6.24. The molecule has 4 rings (SSSR count). The van der Waals surface area contributed by atoms with Gasteiger partial charge in [-0.1, -0.05) is 43.2 Å². The Bertz CT molecular complexity index is 1240. The van der Waals surface area contributed by atoms with Crippen molar-refractivity contribution in [2.75, 3.05) is 11.1 Å². The second kappa shape index (κ2) is 10.1. The molecule has 1 amide bonds. The largest absolute Gasteiger partial charge is 0.382 e. The highest BCUT2D eigenvalue weighted by Gasteiger charge is 2.28. The molecule has 0 aliphatic heterocycles. The van der Waals surface area contributed by atoms with Crippen molar-refractivity contribution in [3.63, 3.8) is 0 Å². The lowest BCUT2D eigenvalue weighted by Gasteiger charge is -2.33. The fourth-order valence-corrected chi connectivity index (χ4v) is 4.74. The van der Waals surface area contributed by atoms with Gasteiger partial charge in [0.2, 0.25) is 5.91 Å². The van der Waals surface area contributed by atoms with Crippen LogP contribution in [0.2, 0.25) is 0 Å². The third kappa shape index (κ3) is 4.95. The molecule has 0 spiro atoms. The van der Waals surface area contributed by atoms with Crippen molar-refractivity contribution < 1.29 is 4.79 Å². The van der Waals surface area contributed by atoms with Gasteiger partial charge in [-0.3, -0.25) is 14.2 Å². The van der Waals surface area contributed by atoms with Gasteiger partial charge in [-0.05, 0) is 43.9 Å². The van der Waals surface area contributed by atoms with Crippen LogP contribution >= 0.6 is 0 Å². The molecule has 178 valence electrons. The van der Waals surface area contributed by atoms with Gasteiger partial charge < -0.3 is 16.4 Å². The number of pyridine rings is 1. The molecule has 34 heavy (non-hydrogen) atoms. The second-order valence-corrected chi connectivity index (χ2v) is 8.99. The Labute approximate surface area is 199 Å². The molecule has 8 nitrogen and oxygen atoms in total. The minimum atomic E-state index is -0.264. The zero-order valence-corrected chi connectivity index (χ0v) is 20.0. The number of nitrogens with zero attached hydrogens (tertiary/aromatic N) is 3. The number of aryl methyl sites for hydroxylation is 2. The summed E-state index contributed by atoms with van der Waals surface area (Å²) in [6.07, 6.45) is 6.01. The summed E-state index contributed by atoms with van der Waals surface area (Å²) in [6, 6.07) is 12.4. The van der Waals surface area contributed by atoms with Crippen molar-refractivity contribution in [1.82, 2.24) is 19.9 Å². The molecule has 1 aliphatic carbocycles. The Hall–Kier alpha value is -3.68. The Morgan fingerprint density at radius 2 is 1.91 bits per heavy atom. The molecular weight excluding hydrogens is 428 g/mol. The highest BCUT2D eigenvalue weighted by atomic mass is 16.1. The number of hydrogen-bond acceptors (Lipinski definition) is 6. The molecule has 2 aromatic heterocycles. The Balaban J connectivity index is 1.70. The van der Waals surface area contributed by atoms with Crippen LogP contribution in [-0.4, -0.2) is 26.5 Å². The molecular formula is C26H32N6O2. The number of nitrogen functional groups attached to an aromatic ring is 1. The molecule has 1 aliphatic rings. The van der Waals surface area contributed by atoms with Crippen molar-refractivity contribution in [1.29, 1.82) is 0 Å². The van der Waals surface area contributed by atoms with Gasteiger partial charge in [0, 0.05) is 43.0 Å². The SMILES string of the molecule is CC(=O)NCc1cc(-n2c(C)cnc(N[C@@H]3CCCC[C@H]3c3ccccc3)c2=O)c(N)nc1C. The van der Waals surface area contributed by atoms with Crippen molar-refractivity contribution in [3.05, 3.63) is 75.5 Å². The van der Waals surface area contributed by atoms with Gasteiger partial charge in [-0.25, -0.2) is 9.97 Å². The molecule has 0 bridgehead atoms. The monoisotopic (exact) mass is 460 g/mol. The number of anilines is 2. The standard InChI is InChI=1S/C26H32N6O2/c1-16-14-29-25(31-22-12-8-7-11-21(22)19-9-5-4-6-10-19)26(34)32(16)23-13-20(15-28-18(3)33)17(2)30-24(23)27/h4-6,9-10,13-14,21-22H,7-8,11-12,15H2,1-3H3,(H2,27,30)(H,28,33)(H,29,31)/t21-,22+/m0/s1. The molecule has 3 aromatic rings. The molecule has 2 heterocycles. The lowest BCUT2D eigenvalue weighted by Crippen LogP contribution is -2.35. The van der Waals surface area contributed by atoms with E-state index < -0.39 is 0 Å². The minimum Gasteiger partial charge on any atom is -0.382 e. The van der Waals surface area contributed by atoms with Crippen LogP contribution in [0.4, 0.5) is 11.6 Å². The predicted molar refractivity (Wildman–Crippen MR) is 134 cm³/mol. The summed E-state index contributed by atoms with van der Waals surface area (Å²) in [6.45, 7) is 5.42. The quantitative estimate of drug-likeness (QED) is 0.518. The number of aromatic nitrogens is 3. The van der Waals surface area contributed by atoms with Crippen LogP contribution in [-0.2, 0) is 11.3 Å². The maximum atomic E-state index is 13.6. The smallest absolute Gasteiger partial charge is 0.298 e. The maximum Gasteiger partial charge on any atom is 0.298 e. The third-order valence-electron chi connectivity index (χ3n) is 6.55. The lowest BCUT2D eigenvalue weighted by atomic mass is 9.80. The van der Waals surface area contributed by atoms with E-state index in [-0.39, 0.29) is 23.3 Å². The molecule has 1 aromatic carbocycles. The van der Waals surface area contributed by atoms with E-state index in [2.05, 4.69) is 44.9 Å². The summed E-state index contributed by atoms with van der Waals surface area (Å²) in [5.41, 5.74) is 9.92. The molecule has 0 unspecified atom stereocenters. The molecule has 0 saturated heterocycles. The molecule has 4 N–H and O–H groups in total. The Morgan fingerprint density at radius 3 is 2.65 bits per heavy atom. The average Bonchev–Trinajstić information content (AvgIpc) is 2.82. The summed E-state index contributed by atoms with van der Waals surface area (Å²) in [7, 11) is 0. The van der Waals surface area contributed by atoms with Gasteiger partial charge in [-0.15, -0.1) is 0 Å².